The summed E-state index contributed by atoms with van der Waals surface area (Å²) in [4.78, 5) is 12.5. The van der Waals surface area contributed by atoms with Crippen molar-refractivity contribution in [3.05, 3.63) is 76.7 Å². The number of aryl methyl sites for hydroxylation is 1. The molecule has 7 heteroatoms. The number of hydrogen-bond acceptors (Lipinski definition) is 4. The summed E-state index contributed by atoms with van der Waals surface area (Å²) in [7, 11) is -3.57. The van der Waals surface area contributed by atoms with Crippen molar-refractivity contribution >= 4 is 38.6 Å². The standard InChI is InChI=1S/C22H22N2O3S2/c25-21(23-20-8-3-6-17-5-1-2-7-19(17)20)15-16-10-12-18(13-11-16)24-29(26,27)22-9-4-14-28-22/h3-4,6,8-14,24H,1-2,5,7,15H2,(H,23,25). The second-order valence-electron chi connectivity index (χ2n) is 7.11. The minimum Gasteiger partial charge on any atom is -0.326 e. The second-order valence-corrected chi connectivity index (χ2v) is 9.97. The van der Waals surface area contributed by atoms with Gasteiger partial charge in [0, 0.05) is 11.4 Å². The first-order valence-electron chi connectivity index (χ1n) is 9.57. The number of benzene rings is 2. The Morgan fingerprint density at radius 1 is 0.966 bits per heavy atom. The molecule has 1 amide bonds. The Bertz CT molecular complexity index is 1110. The topological polar surface area (TPSA) is 75.3 Å². The number of thiophene rings is 1. The molecule has 29 heavy (non-hydrogen) atoms. The van der Waals surface area contributed by atoms with Crippen LogP contribution in [-0.2, 0) is 34.1 Å². The summed E-state index contributed by atoms with van der Waals surface area (Å²) in [5.74, 6) is -0.0733. The maximum Gasteiger partial charge on any atom is 0.271 e. The van der Waals surface area contributed by atoms with Gasteiger partial charge < -0.3 is 5.32 Å². The molecule has 1 aliphatic carbocycles. The predicted molar refractivity (Wildman–Crippen MR) is 117 cm³/mol. The molecular weight excluding hydrogens is 404 g/mol. The highest BCUT2D eigenvalue weighted by molar-refractivity contribution is 7.94. The average Bonchev–Trinajstić information content (AvgIpc) is 3.26. The van der Waals surface area contributed by atoms with Crippen molar-refractivity contribution in [3.63, 3.8) is 0 Å². The van der Waals surface area contributed by atoms with Gasteiger partial charge in [0.15, 0.2) is 0 Å². The average molecular weight is 427 g/mol. The van der Waals surface area contributed by atoms with Gasteiger partial charge in [-0.15, -0.1) is 11.3 Å². The summed E-state index contributed by atoms with van der Waals surface area (Å²) in [5.41, 5.74) is 4.79. The molecule has 0 radical (unpaired) electrons. The van der Waals surface area contributed by atoms with Gasteiger partial charge in [0.25, 0.3) is 10.0 Å². The molecule has 3 aromatic rings. The highest BCUT2D eigenvalue weighted by Crippen LogP contribution is 2.28. The summed E-state index contributed by atoms with van der Waals surface area (Å²) >= 11 is 1.17. The van der Waals surface area contributed by atoms with E-state index >= 15 is 0 Å². The van der Waals surface area contributed by atoms with Crippen molar-refractivity contribution in [1.29, 1.82) is 0 Å². The lowest BCUT2D eigenvalue weighted by molar-refractivity contribution is -0.115. The summed E-state index contributed by atoms with van der Waals surface area (Å²) in [6, 6.07) is 16.3. The number of hydrogen-bond donors (Lipinski definition) is 2. The fourth-order valence-electron chi connectivity index (χ4n) is 3.59. The molecule has 0 saturated carbocycles. The van der Waals surface area contributed by atoms with Crippen LogP contribution in [0.3, 0.4) is 0 Å². The number of fused-ring (bicyclic) bond motifs is 1. The van der Waals surface area contributed by atoms with Gasteiger partial charge in [0.05, 0.1) is 6.42 Å². The van der Waals surface area contributed by atoms with Crippen LogP contribution in [0.15, 0.2) is 64.2 Å². The molecule has 0 fully saturated rings. The van der Waals surface area contributed by atoms with E-state index in [1.165, 1.54) is 28.9 Å². The van der Waals surface area contributed by atoms with Crippen LogP contribution >= 0.6 is 11.3 Å². The Hall–Kier alpha value is -2.64. The van der Waals surface area contributed by atoms with Crippen molar-refractivity contribution in [2.45, 2.75) is 36.3 Å². The van der Waals surface area contributed by atoms with Crippen molar-refractivity contribution in [3.8, 4) is 0 Å². The third kappa shape index (κ3) is 4.68. The van der Waals surface area contributed by atoms with E-state index < -0.39 is 10.0 Å². The van der Waals surface area contributed by atoms with Crippen molar-refractivity contribution < 1.29 is 13.2 Å². The first kappa shape index (κ1) is 19.7. The van der Waals surface area contributed by atoms with Crippen LogP contribution in [0.1, 0.15) is 29.5 Å². The van der Waals surface area contributed by atoms with E-state index in [4.69, 9.17) is 0 Å². The monoisotopic (exact) mass is 426 g/mol. The van der Waals surface area contributed by atoms with Gasteiger partial charge in [-0.1, -0.05) is 30.3 Å². The van der Waals surface area contributed by atoms with Gasteiger partial charge in [-0.3, -0.25) is 9.52 Å². The number of sulfonamides is 1. The third-order valence-corrected chi connectivity index (χ3v) is 7.78. The Morgan fingerprint density at radius 3 is 2.52 bits per heavy atom. The Balaban J connectivity index is 1.40. The van der Waals surface area contributed by atoms with Crippen LogP contribution in [0.25, 0.3) is 0 Å². The summed E-state index contributed by atoms with van der Waals surface area (Å²) < 4.78 is 27.4. The van der Waals surface area contributed by atoms with E-state index in [0.29, 0.717) is 5.69 Å². The zero-order valence-electron chi connectivity index (χ0n) is 15.9. The first-order valence-corrected chi connectivity index (χ1v) is 11.9. The highest BCUT2D eigenvalue weighted by Gasteiger charge is 2.16. The normalized spacial score (nSPS) is 13.5. The molecule has 0 bridgehead atoms. The fraction of sp³-hybridized carbons (Fsp3) is 0.227. The Labute approximate surface area is 174 Å². The van der Waals surface area contributed by atoms with E-state index in [1.54, 1.807) is 41.8 Å². The molecule has 0 spiro atoms. The molecule has 2 aromatic carbocycles. The molecule has 150 valence electrons. The fourth-order valence-corrected chi connectivity index (χ4v) is 5.64. The highest BCUT2D eigenvalue weighted by atomic mass is 32.2. The summed E-state index contributed by atoms with van der Waals surface area (Å²) in [5, 5.41) is 4.76. The number of rotatable bonds is 6. The van der Waals surface area contributed by atoms with E-state index in [1.807, 2.05) is 12.1 Å². The molecule has 1 heterocycles. The predicted octanol–water partition coefficient (Wildman–Crippen LogP) is 4.61. The van der Waals surface area contributed by atoms with E-state index in [9.17, 15) is 13.2 Å². The zero-order valence-corrected chi connectivity index (χ0v) is 17.5. The SMILES string of the molecule is O=C(Cc1ccc(NS(=O)(=O)c2cccs2)cc1)Nc1cccc2c1CCCC2. The maximum atomic E-state index is 12.5. The lowest BCUT2D eigenvalue weighted by Gasteiger charge is -2.19. The molecular formula is C22H22N2O3S2. The molecule has 4 rings (SSSR count). The molecule has 0 atom stereocenters. The van der Waals surface area contributed by atoms with Crippen molar-refractivity contribution in [2.75, 3.05) is 10.0 Å². The van der Waals surface area contributed by atoms with Gasteiger partial charge in [0.2, 0.25) is 5.91 Å². The number of carbonyl (C=O) groups is 1. The van der Waals surface area contributed by atoms with Gasteiger partial charge in [-0.05, 0) is 72.0 Å². The van der Waals surface area contributed by atoms with Crippen LogP contribution in [-0.4, -0.2) is 14.3 Å². The number of amides is 1. The van der Waals surface area contributed by atoms with Crippen molar-refractivity contribution in [2.24, 2.45) is 0 Å². The van der Waals surface area contributed by atoms with Crippen LogP contribution in [0.4, 0.5) is 11.4 Å². The molecule has 0 saturated heterocycles. The second kappa shape index (κ2) is 8.39. The smallest absolute Gasteiger partial charge is 0.271 e. The van der Waals surface area contributed by atoms with Crippen LogP contribution in [0, 0.1) is 0 Å². The van der Waals surface area contributed by atoms with Gasteiger partial charge in [-0.2, -0.15) is 0 Å². The van der Waals surface area contributed by atoms with E-state index in [2.05, 4.69) is 16.1 Å². The van der Waals surface area contributed by atoms with Crippen LogP contribution < -0.4 is 10.0 Å². The first-order chi connectivity index (χ1) is 14.0. The van der Waals surface area contributed by atoms with E-state index in [0.717, 1.165) is 30.5 Å². The molecule has 2 N–H and O–H groups in total. The zero-order chi connectivity index (χ0) is 20.3. The lowest BCUT2D eigenvalue weighted by Crippen LogP contribution is -2.17. The molecule has 0 unspecified atom stereocenters. The maximum absolute atomic E-state index is 12.5. The van der Waals surface area contributed by atoms with E-state index in [-0.39, 0.29) is 16.5 Å². The number of anilines is 2. The lowest BCUT2D eigenvalue weighted by atomic mass is 9.90. The molecule has 1 aromatic heterocycles. The van der Waals surface area contributed by atoms with Crippen LogP contribution in [0.5, 0.6) is 0 Å². The molecule has 5 nitrogen and oxygen atoms in total. The molecule has 0 aliphatic heterocycles. The molecule has 1 aliphatic rings. The largest absolute Gasteiger partial charge is 0.326 e. The number of nitrogens with one attached hydrogen (secondary N) is 2. The Morgan fingerprint density at radius 2 is 1.76 bits per heavy atom. The minimum absolute atomic E-state index is 0.0733. The van der Waals surface area contributed by atoms with Gasteiger partial charge in [0.1, 0.15) is 4.21 Å². The number of carbonyl (C=O) groups excluding carboxylic acids is 1. The van der Waals surface area contributed by atoms with Crippen molar-refractivity contribution in [1.82, 2.24) is 0 Å². The Kier molecular flexibility index (Phi) is 5.69. The van der Waals surface area contributed by atoms with Gasteiger partial charge >= 0.3 is 0 Å². The van der Waals surface area contributed by atoms with Gasteiger partial charge in [-0.25, -0.2) is 8.42 Å². The summed E-state index contributed by atoms with van der Waals surface area (Å²) in [6.07, 6.45) is 4.67. The quantitative estimate of drug-likeness (QED) is 0.604. The third-order valence-electron chi connectivity index (χ3n) is 5.00. The van der Waals surface area contributed by atoms with Crippen LogP contribution in [0.2, 0.25) is 0 Å². The minimum atomic E-state index is -3.57. The summed E-state index contributed by atoms with van der Waals surface area (Å²) in [6.45, 7) is 0.